The molecule has 5 rings (SSSR count). The van der Waals surface area contributed by atoms with E-state index in [0.717, 1.165) is 33.1 Å². The molecule has 0 saturated carbocycles. The average molecular weight is 497 g/mol. The predicted molar refractivity (Wildman–Crippen MR) is 132 cm³/mol. The molecule has 0 aliphatic carbocycles. The third kappa shape index (κ3) is 4.06. The van der Waals surface area contributed by atoms with E-state index in [1.807, 2.05) is 35.0 Å². The molecule has 4 aromatic rings. The number of nitrogens with zero attached hydrogens (tertiary/aromatic N) is 2. The molecule has 8 heteroatoms. The van der Waals surface area contributed by atoms with E-state index in [1.54, 1.807) is 42.5 Å². The minimum Gasteiger partial charge on any atom is -0.342 e. The van der Waals surface area contributed by atoms with E-state index in [2.05, 4.69) is 0 Å². The molecule has 0 unspecified atom stereocenters. The van der Waals surface area contributed by atoms with Crippen molar-refractivity contribution in [2.75, 3.05) is 4.90 Å². The third-order valence-electron chi connectivity index (χ3n) is 5.37. The highest BCUT2D eigenvalue weighted by Gasteiger charge is 2.36. The van der Waals surface area contributed by atoms with Crippen molar-refractivity contribution < 1.29 is 14.0 Å². The molecule has 1 aromatic heterocycles. The lowest BCUT2D eigenvalue weighted by Gasteiger charge is -2.12. The van der Waals surface area contributed by atoms with Crippen molar-refractivity contribution >= 4 is 68.8 Å². The third-order valence-corrected chi connectivity index (χ3v) is 6.85. The van der Waals surface area contributed by atoms with Crippen LogP contribution in [0.1, 0.15) is 11.1 Å². The van der Waals surface area contributed by atoms with Gasteiger partial charge in [-0.2, -0.15) is 0 Å². The van der Waals surface area contributed by atoms with Gasteiger partial charge in [0.15, 0.2) is 0 Å². The molecule has 164 valence electrons. The first-order valence-corrected chi connectivity index (χ1v) is 11.5. The maximum atomic E-state index is 14.4. The number of halogens is 3. The SMILES string of the molecule is O=C1S/C(=C\c2cn(Cc3c(F)cccc3Cl)c3ccccc23)C(=O)N1c1ccc(Cl)cc1. The van der Waals surface area contributed by atoms with Crippen molar-refractivity contribution in [3.63, 3.8) is 0 Å². The highest BCUT2D eigenvalue weighted by Crippen LogP contribution is 2.37. The van der Waals surface area contributed by atoms with Crippen molar-refractivity contribution in [3.8, 4) is 0 Å². The van der Waals surface area contributed by atoms with E-state index in [0.29, 0.717) is 26.2 Å². The number of hydrogen-bond acceptors (Lipinski definition) is 3. The van der Waals surface area contributed by atoms with Crippen LogP contribution in [-0.2, 0) is 11.3 Å². The van der Waals surface area contributed by atoms with Gasteiger partial charge in [-0.25, -0.2) is 9.29 Å². The molecule has 0 bridgehead atoms. The molecule has 4 nitrogen and oxygen atoms in total. The summed E-state index contributed by atoms with van der Waals surface area (Å²) < 4.78 is 16.3. The number of anilines is 1. The van der Waals surface area contributed by atoms with Crippen LogP contribution in [0.4, 0.5) is 14.9 Å². The van der Waals surface area contributed by atoms with Crippen LogP contribution in [-0.4, -0.2) is 15.7 Å². The van der Waals surface area contributed by atoms with E-state index in [1.165, 1.54) is 6.07 Å². The first kappa shape index (κ1) is 21.8. The molecule has 2 amide bonds. The Bertz CT molecular complexity index is 1430. The van der Waals surface area contributed by atoms with Gasteiger partial charge < -0.3 is 4.57 Å². The van der Waals surface area contributed by atoms with Crippen LogP contribution in [0.25, 0.3) is 17.0 Å². The molecular weight excluding hydrogens is 482 g/mol. The highest BCUT2D eigenvalue weighted by molar-refractivity contribution is 8.19. The standard InChI is InChI=1S/C25H15Cl2FN2O2S/c26-16-8-10-17(11-9-16)30-24(31)23(33-25(30)32)12-15-13-29(22-7-2-1-4-18(15)22)14-19-20(27)5-3-6-21(19)28/h1-13H,14H2/b23-12-. The van der Waals surface area contributed by atoms with Crippen LogP contribution in [0.3, 0.4) is 0 Å². The minimum atomic E-state index is -0.402. The van der Waals surface area contributed by atoms with Crippen LogP contribution in [0.2, 0.25) is 10.0 Å². The summed E-state index contributed by atoms with van der Waals surface area (Å²) in [6.07, 6.45) is 3.53. The summed E-state index contributed by atoms with van der Waals surface area (Å²) in [5.41, 5.74) is 2.45. The normalized spacial score (nSPS) is 15.2. The predicted octanol–water partition coefficient (Wildman–Crippen LogP) is 7.38. The molecule has 0 radical (unpaired) electrons. The summed E-state index contributed by atoms with van der Waals surface area (Å²) in [4.78, 5) is 27.1. The summed E-state index contributed by atoms with van der Waals surface area (Å²) in [5.74, 6) is -0.785. The van der Waals surface area contributed by atoms with E-state index in [4.69, 9.17) is 23.2 Å². The lowest BCUT2D eigenvalue weighted by molar-refractivity contribution is -0.113. The Morgan fingerprint density at radius 1 is 0.939 bits per heavy atom. The smallest absolute Gasteiger partial charge is 0.298 e. The quantitative estimate of drug-likeness (QED) is 0.277. The van der Waals surface area contributed by atoms with Crippen LogP contribution in [0.15, 0.2) is 77.8 Å². The number of carbonyl (C=O) groups is 2. The summed E-state index contributed by atoms with van der Waals surface area (Å²) in [6, 6.07) is 18.7. The van der Waals surface area contributed by atoms with Crippen LogP contribution < -0.4 is 4.90 Å². The molecular formula is C25H15Cl2FN2O2S. The highest BCUT2D eigenvalue weighted by atomic mass is 35.5. The summed E-state index contributed by atoms with van der Waals surface area (Å²) >= 11 is 13.0. The van der Waals surface area contributed by atoms with Crippen molar-refractivity contribution in [1.82, 2.24) is 4.57 Å². The van der Waals surface area contributed by atoms with Gasteiger partial charge in [-0.1, -0.05) is 47.5 Å². The molecule has 0 spiro atoms. The summed E-state index contributed by atoms with van der Waals surface area (Å²) in [5, 5.41) is 1.36. The molecule has 3 aromatic carbocycles. The van der Waals surface area contributed by atoms with E-state index in [-0.39, 0.29) is 17.6 Å². The number of benzene rings is 3. The average Bonchev–Trinajstić information content (AvgIpc) is 3.28. The zero-order chi connectivity index (χ0) is 23.1. The van der Waals surface area contributed by atoms with Gasteiger partial charge in [-0.05, 0) is 60.3 Å². The molecule has 1 fully saturated rings. The van der Waals surface area contributed by atoms with Gasteiger partial charge in [0.2, 0.25) is 0 Å². The Kier molecular flexibility index (Phi) is 5.74. The van der Waals surface area contributed by atoms with Crippen LogP contribution in [0, 0.1) is 5.82 Å². The first-order chi connectivity index (χ1) is 15.9. The summed E-state index contributed by atoms with van der Waals surface area (Å²) in [7, 11) is 0. The maximum Gasteiger partial charge on any atom is 0.298 e. The number of aromatic nitrogens is 1. The fourth-order valence-corrected chi connectivity index (χ4v) is 4.98. The number of fused-ring (bicyclic) bond motifs is 1. The van der Waals surface area contributed by atoms with Crippen molar-refractivity contribution in [1.29, 1.82) is 0 Å². The number of hydrogen-bond donors (Lipinski definition) is 0. The largest absolute Gasteiger partial charge is 0.342 e. The second-order valence-corrected chi connectivity index (χ2v) is 9.26. The molecule has 0 N–H and O–H groups in total. The number of imide groups is 1. The Hall–Kier alpha value is -3.06. The Labute approximate surface area is 203 Å². The van der Waals surface area contributed by atoms with E-state index >= 15 is 0 Å². The molecule has 1 saturated heterocycles. The van der Waals surface area contributed by atoms with Crippen molar-refractivity contribution in [3.05, 3.63) is 105 Å². The zero-order valence-corrected chi connectivity index (χ0v) is 19.3. The maximum absolute atomic E-state index is 14.4. The monoisotopic (exact) mass is 496 g/mol. The lowest BCUT2D eigenvalue weighted by Crippen LogP contribution is -2.27. The van der Waals surface area contributed by atoms with Gasteiger partial charge in [-0.15, -0.1) is 0 Å². The fourth-order valence-electron chi connectivity index (χ4n) is 3.80. The number of amides is 2. The molecule has 1 aliphatic heterocycles. The van der Waals surface area contributed by atoms with Crippen molar-refractivity contribution in [2.45, 2.75) is 6.54 Å². The van der Waals surface area contributed by atoms with Gasteiger partial charge in [0.1, 0.15) is 5.82 Å². The Morgan fingerprint density at radius 3 is 2.45 bits per heavy atom. The Balaban J connectivity index is 1.54. The topological polar surface area (TPSA) is 42.3 Å². The van der Waals surface area contributed by atoms with E-state index in [9.17, 15) is 14.0 Å². The lowest BCUT2D eigenvalue weighted by atomic mass is 10.1. The number of thioether (sulfide) groups is 1. The van der Waals surface area contributed by atoms with Gasteiger partial charge in [0, 0.05) is 38.3 Å². The number of rotatable bonds is 4. The van der Waals surface area contributed by atoms with Gasteiger partial charge in [0.05, 0.1) is 17.1 Å². The number of para-hydroxylation sites is 1. The molecule has 33 heavy (non-hydrogen) atoms. The zero-order valence-electron chi connectivity index (χ0n) is 17.0. The Morgan fingerprint density at radius 2 is 1.70 bits per heavy atom. The first-order valence-electron chi connectivity index (χ1n) is 9.96. The van der Waals surface area contributed by atoms with Gasteiger partial charge in [0.25, 0.3) is 11.1 Å². The second kappa shape index (κ2) is 8.71. The molecule has 0 atom stereocenters. The van der Waals surface area contributed by atoms with Gasteiger partial charge in [-0.3, -0.25) is 9.59 Å². The summed E-state index contributed by atoms with van der Waals surface area (Å²) in [6.45, 7) is 0.228. The fraction of sp³-hybridized carbons (Fsp3) is 0.0400. The van der Waals surface area contributed by atoms with Crippen LogP contribution in [0.5, 0.6) is 0 Å². The number of carbonyl (C=O) groups excluding carboxylic acids is 2. The van der Waals surface area contributed by atoms with Crippen molar-refractivity contribution in [2.24, 2.45) is 0 Å². The van der Waals surface area contributed by atoms with Crippen LogP contribution >= 0.6 is 35.0 Å². The minimum absolute atomic E-state index is 0.228. The molecule has 1 aliphatic rings. The second-order valence-electron chi connectivity index (χ2n) is 7.42. The molecule has 2 heterocycles. The van der Waals surface area contributed by atoms with E-state index < -0.39 is 5.91 Å². The van der Waals surface area contributed by atoms with Gasteiger partial charge >= 0.3 is 0 Å².